The highest BCUT2D eigenvalue weighted by molar-refractivity contribution is 7.11. The van der Waals surface area contributed by atoms with E-state index in [4.69, 9.17) is 5.73 Å². The van der Waals surface area contributed by atoms with Crippen molar-refractivity contribution in [1.82, 2.24) is 9.27 Å². The zero-order chi connectivity index (χ0) is 14.7. The van der Waals surface area contributed by atoms with Crippen LogP contribution >= 0.6 is 11.5 Å². The molecule has 1 aliphatic rings. The molecule has 1 aromatic carbocycles. The number of piperazine rings is 1. The van der Waals surface area contributed by atoms with E-state index >= 15 is 0 Å². The minimum Gasteiger partial charge on any atom is -0.359 e. The minimum absolute atomic E-state index is 0.648. The highest BCUT2D eigenvalue weighted by Gasteiger charge is 2.24. The first kappa shape index (κ1) is 14.8. The molecular formula is C16H24N4S. The second-order valence-corrected chi connectivity index (χ2v) is 6.42. The molecule has 114 valence electrons. The standard InChI is InChI=1S/C16H24N4S/c1-2-13(7-8-17)19-9-11-20(12-10-19)16-14-5-3-4-6-15(14)18-21-16/h3-6,13H,2,7-12,17H2,1H3. The number of anilines is 1. The summed E-state index contributed by atoms with van der Waals surface area (Å²) in [5.74, 6) is 0. The van der Waals surface area contributed by atoms with Crippen LogP contribution in [0.4, 0.5) is 5.00 Å². The van der Waals surface area contributed by atoms with Gasteiger partial charge in [0, 0.05) is 37.6 Å². The highest BCUT2D eigenvalue weighted by Crippen LogP contribution is 2.31. The Hall–Kier alpha value is -1.17. The molecule has 2 aromatic rings. The molecule has 0 bridgehead atoms. The molecule has 1 aliphatic heterocycles. The number of rotatable bonds is 5. The molecule has 1 fully saturated rings. The fourth-order valence-electron chi connectivity index (χ4n) is 3.23. The van der Waals surface area contributed by atoms with Gasteiger partial charge in [0.25, 0.3) is 0 Å². The number of fused-ring (bicyclic) bond motifs is 1. The van der Waals surface area contributed by atoms with E-state index in [0.29, 0.717) is 6.04 Å². The van der Waals surface area contributed by atoms with E-state index in [2.05, 4.69) is 45.4 Å². The normalized spacial score (nSPS) is 18.3. The van der Waals surface area contributed by atoms with Crippen molar-refractivity contribution >= 4 is 27.4 Å². The second-order valence-electron chi connectivity index (χ2n) is 5.67. The highest BCUT2D eigenvalue weighted by atomic mass is 32.1. The Labute approximate surface area is 130 Å². The van der Waals surface area contributed by atoms with Gasteiger partial charge in [-0.15, -0.1) is 0 Å². The summed E-state index contributed by atoms with van der Waals surface area (Å²) in [6.07, 6.45) is 2.31. The summed E-state index contributed by atoms with van der Waals surface area (Å²) in [4.78, 5) is 5.10. The van der Waals surface area contributed by atoms with Gasteiger partial charge in [-0.1, -0.05) is 19.1 Å². The van der Waals surface area contributed by atoms with E-state index in [9.17, 15) is 0 Å². The number of benzene rings is 1. The Morgan fingerprint density at radius 2 is 2.00 bits per heavy atom. The first-order valence-corrected chi connectivity index (χ1v) is 8.64. The zero-order valence-electron chi connectivity index (χ0n) is 12.7. The van der Waals surface area contributed by atoms with Crippen molar-refractivity contribution in [3.05, 3.63) is 24.3 Å². The predicted octanol–water partition coefficient (Wildman–Crippen LogP) is 2.55. The van der Waals surface area contributed by atoms with Gasteiger partial charge >= 0.3 is 0 Å². The molecule has 2 heterocycles. The van der Waals surface area contributed by atoms with Gasteiger partial charge in [-0.2, -0.15) is 4.37 Å². The van der Waals surface area contributed by atoms with Crippen molar-refractivity contribution in [2.45, 2.75) is 25.8 Å². The molecule has 1 aromatic heterocycles. The Kier molecular flexibility index (Phi) is 4.73. The van der Waals surface area contributed by atoms with Crippen LogP contribution in [0.3, 0.4) is 0 Å². The lowest BCUT2D eigenvalue weighted by atomic mass is 10.1. The summed E-state index contributed by atoms with van der Waals surface area (Å²) in [7, 11) is 0. The van der Waals surface area contributed by atoms with Crippen LogP contribution in [0.15, 0.2) is 24.3 Å². The van der Waals surface area contributed by atoms with E-state index in [-0.39, 0.29) is 0 Å². The Morgan fingerprint density at radius 3 is 2.71 bits per heavy atom. The monoisotopic (exact) mass is 304 g/mol. The summed E-state index contributed by atoms with van der Waals surface area (Å²) in [5, 5.41) is 2.63. The average molecular weight is 304 g/mol. The SMILES string of the molecule is CCC(CCN)N1CCN(c2snc3ccccc23)CC1. The third kappa shape index (κ3) is 3.05. The molecule has 1 unspecified atom stereocenters. The van der Waals surface area contributed by atoms with Gasteiger partial charge in [0.1, 0.15) is 5.00 Å². The molecule has 0 radical (unpaired) electrons. The van der Waals surface area contributed by atoms with Gasteiger partial charge in [0.2, 0.25) is 0 Å². The first-order valence-electron chi connectivity index (χ1n) is 7.87. The third-order valence-corrected chi connectivity index (χ3v) is 5.39. The lowest BCUT2D eigenvalue weighted by molar-refractivity contribution is 0.173. The quantitative estimate of drug-likeness (QED) is 0.922. The molecule has 21 heavy (non-hydrogen) atoms. The van der Waals surface area contributed by atoms with Gasteiger partial charge in [-0.25, -0.2) is 0 Å². The first-order chi connectivity index (χ1) is 10.3. The largest absolute Gasteiger partial charge is 0.359 e. The molecular weight excluding hydrogens is 280 g/mol. The van der Waals surface area contributed by atoms with Crippen LogP contribution in [0, 0.1) is 0 Å². The Bertz CT molecular complexity index is 574. The maximum absolute atomic E-state index is 5.73. The van der Waals surface area contributed by atoms with Gasteiger partial charge in [0.15, 0.2) is 0 Å². The summed E-state index contributed by atoms with van der Waals surface area (Å²) in [5.41, 5.74) is 6.85. The summed E-state index contributed by atoms with van der Waals surface area (Å²) in [6, 6.07) is 9.09. The molecule has 5 heteroatoms. The zero-order valence-corrected chi connectivity index (χ0v) is 13.5. The van der Waals surface area contributed by atoms with Crippen LogP contribution in [-0.2, 0) is 0 Å². The van der Waals surface area contributed by atoms with Crippen LogP contribution in [0.25, 0.3) is 10.9 Å². The van der Waals surface area contributed by atoms with Gasteiger partial charge < -0.3 is 10.6 Å². The van der Waals surface area contributed by atoms with Crippen LogP contribution < -0.4 is 10.6 Å². The number of nitrogens with two attached hydrogens (primary N) is 1. The van der Waals surface area contributed by atoms with Gasteiger partial charge in [-0.3, -0.25) is 4.90 Å². The number of hydrogen-bond donors (Lipinski definition) is 1. The Morgan fingerprint density at radius 1 is 1.24 bits per heavy atom. The van der Waals surface area contributed by atoms with Gasteiger partial charge in [0.05, 0.1) is 5.52 Å². The Balaban J connectivity index is 1.68. The lowest BCUT2D eigenvalue weighted by Crippen LogP contribution is -2.50. The van der Waals surface area contributed by atoms with Crippen molar-refractivity contribution in [3.8, 4) is 0 Å². The van der Waals surface area contributed by atoms with E-state index < -0.39 is 0 Å². The molecule has 0 aliphatic carbocycles. The molecule has 0 saturated carbocycles. The van der Waals surface area contributed by atoms with Crippen LogP contribution in [0.1, 0.15) is 19.8 Å². The third-order valence-electron chi connectivity index (χ3n) is 4.45. The van der Waals surface area contributed by atoms with Crippen molar-refractivity contribution in [2.75, 3.05) is 37.6 Å². The van der Waals surface area contributed by atoms with Crippen molar-refractivity contribution in [3.63, 3.8) is 0 Å². The molecule has 1 atom stereocenters. The van der Waals surface area contributed by atoms with Gasteiger partial charge in [-0.05, 0) is 43.1 Å². The number of aromatic nitrogens is 1. The minimum atomic E-state index is 0.648. The van der Waals surface area contributed by atoms with E-state index in [1.165, 1.54) is 16.8 Å². The average Bonchev–Trinajstić information content (AvgIpc) is 2.97. The molecule has 1 saturated heterocycles. The van der Waals surface area contributed by atoms with Crippen LogP contribution in [0.5, 0.6) is 0 Å². The molecule has 0 spiro atoms. The molecule has 2 N–H and O–H groups in total. The predicted molar refractivity (Wildman–Crippen MR) is 91.2 cm³/mol. The summed E-state index contributed by atoms with van der Waals surface area (Å²) < 4.78 is 4.56. The smallest absolute Gasteiger partial charge is 0.120 e. The van der Waals surface area contributed by atoms with Crippen LogP contribution in [0.2, 0.25) is 0 Å². The summed E-state index contributed by atoms with van der Waals surface area (Å²) in [6.45, 7) is 7.50. The maximum atomic E-state index is 5.73. The van der Waals surface area contributed by atoms with E-state index in [1.807, 2.05) is 0 Å². The lowest BCUT2D eigenvalue weighted by Gasteiger charge is -2.39. The molecule has 4 nitrogen and oxygen atoms in total. The number of nitrogens with zero attached hydrogens (tertiary/aromatic N) is 3. The van der Waals surface area contributed by atoms with E-state index in [0.717, 1.165) is 44.7 Å². The maximum Gasteiger partial charge on any atom is 0.120 e. The molecule has 3 rings (SSSR count). The van der Waals surface area contributed by atoms with E-state index in [1.54, 1.807) is 11.5 Å². The fraction of sp³-hybridized carbons (Fsp3) is 0.562. The van der Waals surface area contributed by atoms with Crippen LogP contribution in [-0.4, -0.2) is 48.0 Å². The topological polar surface area (TPSA) is 45.4 Å². The van der Waals surface area contributed by atoms with Crippen molar-refractivity contribution in [2.24, 2.45) is 5.73 Å². The summed E-state index contributed by atoms with van der Waals surface area (Å²) >= 11 is 1.63. The second kappa shape index (κ2) is 6.73. The fourth-order valence-corrected chi connectivity index (χ4v) is 4.14. The van der Waals surface area contributed by atoms with Crippen molar-refractivity contribution in [1.29, 1.82) is 0 Å². The number of hydrogen-bond acceptors (Lipinski definition) is 5. The molecule has 0 amide bonds. The van der Waals surface area contributed by atoms with Crippen molar-refractivity contribution < 1.29 is 0 Å².